The Bertz CT molecular complexity index is 3890. The van der Waals surface area contributed by atoms with Gasteiger partial charge in [-0.3, -0.25) is 23.7 Å². The van der Waals surface area contributed by atoms with Crippen LogP contribution in [-0.4, -0.2) is 577 Å². The molecule has 0 aromatic heterocycles. The predicted molar refractivity (Wildman–Crippen MR) is 416 cm³/mol. The van der Waals surface area contributed by atoms with E-state index in [4.69, 9.17) is 104 Å². The average Bonchev–Trinajstić information content (AvgIpc) is 0.770. The molecule has 11 fully saturated rings. The first-order valence-corrected chi connectivity index (χ1v) is 44.4. The number of aliphatic hydroxyl groups excluding tert-OH is 28. The highest BCUT2D eigenvalue weighted by Gasteiger charge is 2.63. The first-order chi connectivity index (χ1) is 64.0. The van der Waals surface area contributed by atoms with Gasteiger partial charge in [-0.2, -0.15) is 8.42 Å². The molecule has 4 amide bonds. The highest BCUT2D eigenvalue weighted by molar-refractivity contribution is 7.80. The minimum absolute atomic E-state index is 0.836. The average molecular weight is 2010 g/mol. The van der Waals surface area contributed by atoms with E-state index in [2.05, 4.69) is 21.3 Å². The van der Waals surface area contributed by atoms with Crippen molar-refractivity contribution in [3.63, 3.8) is 0 Å². The van der Waals surface area contributed by atoms with Gasteiger partial charge in [0.25, 0.3) is 0 Å². The molecule has 0 radical (unpaired) electrons. The van der Waals surface area contributed by atoms with Crippen molar-refractivity contribution in [1.82, 2.24) is 21.3 Å². The van der Waals surface area contributed by atoms with Crippen molar-refractivity contribution >= 4 is 34.0 Å². The largest absolute Gasteiger partial charge is 0.397 e. The molecule has 11 aliphatic heterocycles. The summed E-state index contributed by atoms with van der Waals surface area (Å²) in [6.07, 6.45) is -111. The van der Waals surface area contributed by atoms with Crippen molar-refractivity contribution < 1.29 is 279 Å². The zero-order chi connectivity index (χ0) is 100. The van der Waals surface area contributed by atoms with E-state index in [1.807, 2.05) is 0 Å². The lowest BCUT2D eigenvalue weighted by atomic mass is 9.93. The molecule has 788 valence electrons. The monoisotopic (exact) mass is 2010 g/mol. The first kappa shape index (κ1) is 112. The predicted octanol–water partition coefficient (Wildman–Crippen LogP) is -22.5. The third kappa shape index (κ3) is 25.3. The van der Waals surface area contributed by atoms with E-state index in [0.717, 1.165) is 27.7 Å². The number of amides is 4. The molecule has 0 saturated carbocycles. The molecule has 11 heterocycles. The lowest BCUT2D eigenvalue weighted by molar-refractivity contribution is -0.400. The summed E-state index contributed by atoms with van der Waals surface area (Å²) in [5.41, 5.74) is 0. The Morgan fingerprint density at radius 2 is 0.529 bits per heavy atom. The minimum Gasteiger partial charge on any atom is -0.394 e. The van der Waals surface area contributed by atoms with Crippen LogP contribution in [0.5, 0.6) is 0 Å². The number of rotatable bonds is 35. The van der Waals surface area contributed by atoms with Crippen molar-refractivity contribution in [3.05, 3.63) is 0 Å². The number of aliphatic hydroxyl groups is 28. The Morgan fingerprint density at radius 3 is 0.978 bits per heavy atom. The van der Waals surface area contributed by atoms with Crippen molar-refractivity contribution in [1.29, 1.82) is 0 Å². The van der Waals surface area contributed by atoms with E-state index in [1.54, 1.807) is 0 Å². The molecule has 0 bridgehead atoms. The summed E-state index contributed by atoms with van der Waals surface area (Å²) in [5.74, 6) is -4.05. The highest BCUT2D eigenvalue weighted by Crippen LogP contribution is 2.42. The van der Waals surface area contributed by atoms with E-state index in [1.165, 1.54) is 13.8 Å². The van der Waals surface area contributed by atoms with Gasteiger partial charge >= 0.3 is 10.4 Å². The maximum atomic E-state index is 13.6. The Hall–Kier alpha value is -4.21. The number of nitrogens with one attached hydrogen (secondary N) is 4. The Labute approximate surface area is 770 Å². The number of hydrogen-bond donors (Lipinski definition) is 33. The molecule has 62 heteroatoms. The van der Waals surface area contributed by atoms with Crippen LogP contribution in [0.1, 0.15) is 41.5 Å². The SMILES string of the molecule is CC(=O)N[C@@H]1[C@@H](O)[C@H](O[C@@H]2O[C@H](CO)[C@@H](O[C@@H]3O[C@H](CO[C@H]4O[C@H](CO)[C@@H](O)[C@H](O)[C@@H]4O[C@@H]4O[C@H](COS(=O)(=O)O)[C@@H](O[C@@H]5O[C@H](CO)[C@H](O)[C@H](O)[C@H]5O)[C@H](O[C@@H]5O[C@@H](C)[C@@H](O)[C@@H](O)[C@@H]5O)[C@H]4NC(C)=O)[C@@H](O)[C@H](O[C@H]4O[C@H](CO)[C@@H](O)[C@H](O)[C@@H]4O[C@@H]4O[C@H](CO)[C@@H](O[C@@H]5O[C@H](CO)[C@H](O)[C@H](O)[C@H]5O)[C@H](O)[C@H]4NC(C)=O)[C@@H]3O)[C@H](O)[C@H]2NC(C)=O)[C@@H](CO[C@@H]2O[C@@H](C)[C@@H](O)[C@@H](O)[C@@H]2O)O[C@H]1O. The number of carbonyl (C=O) groups is 4. The molecular formula is C74H124N4O57S. The fraction of sp³-hybridized carbons (Fsp3) is 0.946. The number of ether oxygens (including phenoxy) is 21. The van der Waals surface area contributed by atoms with Crippen molar-refractivity contribution in [3.8, 4) is 0 Å². The maximum absolute atomic E-state index is 13.6. The molecule has 0 unspecified atom stereocenters. The molecule has 55 atom stereocenters. The summed E-state index contributed by atoms with van der Waals surface area (Å²) in [7, 11) is -5.64. The molecule has 11 saturated heterocycles. The van der Waals surface area contributed by atoms with E-state index in [0.29, 0.717) is 0 Å². The second-order valence-electron chi connectivity index (χ2n) is 34.3. The van der Waals surface area contributed by atoms with Crippen LogP contribution in [0.2, 0.25) is 0 Å². The van der Waals surface area contributed by atoms with E-state index in [9.17, 15) is 175 Å². The van der Waals surface area contributed by atoms with Crippen molar-refractivity contribution in [2.45, 2.75) is 379 Å². The number of carbonyl (C=O) groups excluding carboxylic acids is 4. The van der Waals surface area contributed by atoms with Crippen LogP contribution in [0.25, 0.3) is 0 Å². The van der Waals surface area contributed by atoms with Crippen molar-refractivity contribution in [2.75, 3.05) is 59.5 Å². The fourth-order valence-corrected chi connectivity index (χ4v) is 17.6. The lowest BCUT2D eigenvalue weighted by Crippen LogP contribution is -2.71. The van der Waals surface area contributed by atoms with Gasteiger partial charge in [-0.1, -0.05) is 0 Å². The van der Waals surface area contributed by atoms with Gasteiger partial charge in [-0.15, -0.1) is 0 Å². The van der Waals surface area contributed by atoms with Gasteiger partial charge in [0.05, 0.1) is 71.7 Å². The second kappa shape index (κ2) is 48.2. The van der Waals surface area contributed by atoms with E-state index in [-0.39, 0.29) is 0 Å². The van der Waals surface area contributed by atoms with Gasteiger partial charge < -0.3 is 264 Å². The summed E-state index contributed by atoms with van der Waals surface area (Å²) in [4.78, 5) is 52.6. The molecule has 11 aliphatic rings. The number of hydrogen-bond acceptors (Lipinski definition) is 56. The summed E-state index contributed by atoms with van der Waals surface area (Å²) in [6.45, 7) is -4.91. The van der Waals surface area contributed by atoms with E-state index >= 15 is 0 Å². The van der Waals surface area contributed by atoms with Gasteiger partial charge in [0.15, 0.2) is 69.2 Å². The topological polar surface area (TPSA) is 940 Å². The molecule has 136 heavy (non-hydrogen) atoms. The van der Waals surface area contributed by atoms with Gasteiger partial charge in [-0.25, -0.2) is 4.18 Å². The highest BCUT2D eigenvalue weighted by atomic mass is 32.3. The molecule has 0 aromatic carbocycles. The first-order valence-electron chi connectivity index (χ1n) is 43.0. The van der Waals surface area contributed by atoms with Crippen LogP contribution < -0.4 is 21.3 Å². The summed E-state index contributed by atoms with van der Waals surface area (Å²) >= 11 is 0. The van der Waals surface area contributed by atoms with Crippen LogP contribution in [-0.2, 0) is 133 Å². The van der Waals surface area contributed by atoms with Crippen LogP contribution in [0, 0.1) is 0 Å². The zero-order valence-electron chi connectivity index (χ0n) is 72.9. The molecule has 33 N–H and O–H groups in total. The molecule has 0 aromatic rings. The van der Waals surface area contributed by atoms with Crippen LogP contribution in [0.3, 0.4) is 0 Å². The third-order valence-corrected chi connectivity index (χ3v) is 25.1. The maximum Gasteiger partial charge on any atom is 0.397 e. The Balaban J connectivity index is 0.964. The van der Waals surface area contributed by atoms with E-state index < -0.39 is 431 Å². The van der Waals surface area contributed by atoms with Crippen molar-refractivity contribution in [2.24, 2.45) is 0 Å². The fourth-order valence-electron chi connectivity index (χ4n) is 17.3. The molecular weight excluding hydrogens is 1890 g/mol. The van der Waals surface area contributed by atoms with Crippen LogP contribution in [0.15, 0.2) is 0 Å². The quantitative estimate of drug-likeness (QED) is 0.0262. The Kier molecular flexibility index (Phi) is 39.7. The molecule has 0 aliphatic carbocycles. The molecule has 0 spiro atoms. The lowest BCUT2D eigenvalue weighted by Gasteiger charge is -2.52. The molecule has 11 rings (SSSR count). The van der Waals surface area contributed by atoms with Crippen LogP contribution >= 0.6 is 0 Å². The standard InChI is InChI=1S/C74H124N4O57S/c1-16-35(89)45(99)51(105)68(117-16)114-14-29-58(42(96)31(64(110)119-29)75-18(3)85)128-65-32(76-19(4)86)43(97)57(27(12-84)124-65)130-72-55(109)61(133-74-63(50(104)40(94)25(10-82)123-74)135-66-33(77-20(5)87)44(98)56(26(11-83)125-66)129-70-53(107)47(101)37(91)22(7-79)120-70)41(95)28(126-72)13-115-73-62(49(103)39(93)24(9-81)122-73)134-67-34(78-21(6)88)60(132-69-52(106)46(100)36(90)17(2)118-69)59(30(127-67)15-116-136(111,112)113)131-71-54(108)48(102)38(92)23(8-80)121-71/h16-17,22-74,79-84,89-110H,7-15H2,1-6H3,(H,75,85)(H,76,86)(H,77,87)(H,78,88)(H,111,112,113)/t16-,17-,22+,23+,24+,25+,26+,27+,28+,29+,30+,31+,32+,33+,34+,35+,36+,37-,38-,39+,40+,41+,42+,43+,44+,45+,46+,47-,48-,49-,50-,51-,52-,53+,54+,55-,56+,57+,58+,59+,60+,61-,62-,63-,64+,65-,66-,67-,68+,69-,70-,71-,72-,73-,74+/m0/s1. The Morgan fingerprint density at radius 1 is 0.243 bits per heavy atom. The molecule has 61 nitrogen and oxygen atoms in total. The smallest absolute Gasteiger partial charge is 0.394 e. The summed E-state index contributed by atoms with van der Waals surface area (Å²) < 4.78 is 166. The summed E-state index contributed by atoms with van der Waals surface area (Å²) in [6, 6.07) is -8.15. The van der Waals surface area contributed by atoms with Gasteiger partial charge in [0.2, 0.25) is 23.6 Å². The zero-order valence-corrected chi connectivity index (χ0v) is 73.7. The minimum atomic E-state index is -5.64. The normalized spacial score (nSPS) is 49.4. The second-order valence-corrected chi connectivity index (χ2v) is 35.4. The van der Waals surface area contributed by atoms with Crippen LogP contribution in [0.4, 0.5) is 0 Å². The third-order valence-electron chi connectivity index (χ3n) is 24.7. The van der Waals surface area contributed by atoms with Gasteiger partial charge in [0.1, 0.15) is 256 Å². The summed E-state index contributed by atoms with van der Waals surface area (Å²) in [5, 5.41) is 325. The van der Waals surface area contributed by atoms with Gasteiger partial charge in [0, 0.05) is 27.7 Å². The van der Waals surface area contributed by atoms with Gasteiger partial charge in [-0.05, 0) is 13.8 Å².